The zero-order chi connectivity index (χ0) is 18.1. The van der Waals surface area contributed by atoms with Gasteiger partial charge < -0.3 is 10.1 Å². The van der Waals surface area contributed by atoms with E-state index in [1.165, 1.54) is 4.31 Å². The van der Waals surface area contributed by atoms with Crippen molar-refractivity contribution in [2.75, 3.05) is 18.4 Å². The largest absolute Gasteiger partial charge is 0.371 e. The third kappa shape index (κ3) is 3.23. The fraction of sp³-hybridized carbons (Fsp3) is 0.333. The molecule has 2 bridgehead atoms. The van der Waals surface area contributed by atoms with Gasteiger partial charge in [-0.3, -0.25) is 9.78 Å². The van der Waals surface area contributed by atoms with Gasteiger partial charge in [0.15, 0.2) is 0 Å². The first-order valence-electron chi connectivity index (χ1n) is 8.45. The smallest absolute Gasteiger partial charge is 0.243 e. The Bertz CT molecular complexity index is 889. The van der Waals surface area contributed by atoms with Crippen molar-refractivity contribution >= 4 is 21.6 Å². The van der Waals surface area contributed by atoms with Crippen molar-refractivity contribution < 1.29 is 17.9 Å². The molecular weight excluding hydrogens is 354 g/mol. The molecule has 2 aromatic rings. The first kappa shape index (κ1) is 17.1. The molecule has 4 rings (SSSR count). The minimum absolute atomic E-state index is 0.163. The molecule has 0 aliphatic carbocycles. The van der Waals surface area contributed by atoms with E-state index in [4.69, 9.17) is 4.74 Å². The van der Waals surface area contributed by atoms with Gasteiger partial charge in [0.25, 0.3) is 0 Å². The second-order valence-electron chi connectivity index (χ2n) is 6.50. The monoisotopic (exact) mass is 373 g/mol. The van der Waals surface area contributed by atoms with Crippen molar-refractivity contribution in [3.05, 3.63) is 54.9 Å². The molecule has 1 aromatic heterocycles. The van der Waals surface area contributed by atoms with Crippen molar-refractivity contribution in [1.82, 2.24) is 9.29 Å². The molecule has 3 atom stereocenters. The second kappa shape index (κ2) is 6.79. The molecule has 0 saturated carbocycles. The number of nitrogens with one attached hydrogen (secondary N) is 1. The first-order chi connectivity index (χ1) is 12.5. The van der Waals surface area contributed by atoms with Crippen molar-refractivity contribution in [1.29, 1.82) is 0 Å². The Morgan fingerprint density at radius 3 is 2.69 bits per heavy atom. The number of carbonyl (C=O) groups is 1. The number of fused-ring (bicyclic) bond motifs is 2. The molecule has 1 N–H and O–H groups in total. The van der Waals surface area contributed by atoms with E-state index in [0.29, 0.717) is 12.1 Å². The number of carbonyl (C=O) groups excluding carboxylic acids is 1. The number of anilines is 1. The lowest BCUT2D eigenvalue weighted by atomic mass is 9.99. The number of morpholine rings is 1. The molecule has 2 aliphatic heterocycles. The molecule has 136 valence electrons. The molecule has 0 unspecified atom stereocenters. The van der Waals surface area contributed by atoms with Gasteiger partial charge >= 0.3 is 0 Å². The van der Waals surface area contributed by atoms with E-state index in [2.05, 4.69) is 10.3 Å². The Balaban J connectivity index is 1.49. The van der Waals surface area contributed by atoms with Gasteiger partial charge in [0.2, 0.25) is 15.9 Å². The molecule has 3 heterocycles. The van der Waals surface area contributed by atoms with Crippen LogP contribution >= 0.6 is 0 Å². The molecule has 0 spiro atoms. The van der Waals surface area contributed by atoms with Crippen LogP contribution in [-0.4, -0.2) is 48.9 Å². The summed E-state index contributed by atoms with van der Waals surface area (Å²) in [6.45, 7) is 0.448. The number of nitrogens with zero attached hydrogens (tertiary/aromatic N) is 2. The number of benzene rings is 1. The average molecular weight is 373 g/mol. The zero-order valence-corrected chi connectivity index (χ0v) is 14.8. The molecule has 8 heteroatoms. The number of rotatable bonds is 4. The van der Waals surface area contributed by atoms with E-state index in [-0.39, 0.29) is 35.9 Å². The lowest BCUT2D eigenvalue weighted by Gasteiger charge is -2.31. The van der Waals surface area contributed by atoms with Gasteiger partial charge in [-0.2, -0.15) is 4.31 Å². The third-order valence-electron chi connectivity index (χ3n) is 4.77. The number of ether oxygens (including phenoxy) is 1. The maximum atomic E-state index is 12.8. The van der Waals surface area contributed by atoms with Gasteiger partial charge in [-0.1, -0.05) is 18.2 Å². The molecule has 2 saturated heterocycles. The summed E-state index contributed by atoms with van der Waals surface area (Å²) in [5.41, 5.74) is 0.618. The van der Waals surface area contributed by atoms with E-state index >= 15 is 0 Å². The Hall–Kier alpha value is -2.29. The van der Waals surface area contributed by atoms with Gasteiger partial charge in [0.1, 0.15) is 0 Å². The predicted octanol–water partition coefficient (Wildman–Crippen LogP) is 1.50. The lowest BCUT2D eigenvalue weighted by Crippen LogP contribution is -2.47. The summed E-state index contributed by atoms with van der Waals surface area (Å²) in [6, 6.07) is 11.9. The molecule has 26 heavy (non-hydrogen) atoms. The lowest BCUT2D eigenvalue weighted by molar-refractivity contribution is -0.122. The maximum absolute atomic E-state index is 12.8. The summed E-state index contributed by atoms with van der Waals surface area (Å²) in [6.07, 6.45) is 3.01. The van der Waals surface area contributed by atoms with Crippen LogP contribution in [0, 0.1) is 5.92 Å². The topological polar surface area (TPSA) is 88.6 Å². The Morgan fingerprint density at radius 1 is 1.15 bits per heavy atom. The third-order valence-corrected chi connectivity index (χ3v) is 6.62. The molecule has 2 fully saturated rings. The Morgan fingerprint density at radius 2 is 1.96 bits per heavy atom. The second-order valence-corrected chi connectivity index (χ2v) is 8.44. The van der Waals surface area contributed by atoms with Gasteiger partial charge in [-0.25, -0.2) is 8.42 Å². The van der Waals surface area contributed by atoms with Crippen molar-refractivity contribution in [3.8, 4) is 0 Å². The number of hydrogen-bond donors (Lipinski definition) is 1. The van der Waals surface area contributed by atoms with Gasteiger partial charge in [0, 0.05) is 19.3 Å². The summed E-state index contributed by atoms with van der Waals surface area (Å²) in [4.78, 5) is 16.8. The molecule has 1 amide bonds. The predicted molar refractivity (Wildman–Crippen MR) is 94.8 cm³/mol. The van der Waals surface area contributed by atoms with E-state index in [1.807, 2.05) is 0 Å². The van der Waals surface area contributed by atoms with E-state index in [0.717, 1.165) is 0 Å². The number of sulfonamides is 1. The highest BCUT2D eigenvalue weighted by molar-refractivity contribution is 7.89. The number of pyridine rings is 1. The average Bonchev–Trinajstić information content (AvgIpc) is 2.97. The van der Waals surface area contributed by atoms with Crippen LogP contribution in [0.2, 0.25) is 0 Å². The van der Waals surface area contributed by atoms with E-state index in [9.17, 15) is 13.2 Å². The summed E-state index contributed by atoms with van der Waals surface area (Å²) >= 11 is 0. The van der Waals surface area contributed by atoms with Crippen LogP contribution < -0.4 is 5.32 Å². The van der Waals surface area contributed by atoms with E-state index < -0.39 is 16.1 Å². The van der Waals surface area contributed by atoms with E-state index in [1.54, 1.807) is 54.9 Å². The Labute approximate surface area is 152 Å². The highest BCUT2D eigenvalue weighted by atomic mass is 32.2. The summed E-state index contributed by atoms with van der Waals surface area (Å²) in [5.74, 6) is -0.541. The first-order valence-corrected chi connectivity index (χ1v) is 9.89. The van der Waals surface area contributed by atoms with Crippen LogP contribution in [0.4, 0.5) is 5.69 Å². The van der Waals surface area contributed by atoms with Crippen LogP contribution in [0.3, 0.4) is 0 Å². The quantitative estimate of drug-likeness (QED) is 0.877. The zero-order valence-electron chi connectivity index (χ0n) is 14.0. The van der Waals surface area contributed by atoms with Crippen molar-refractivity contribution in [2.45, 2.75) is 23.5 Å². The SMILES string of the molecule is O=C(Nc1cccnc1)[C@@H]1C[C@H]2CN(S(=O)(=O)c3ccccc3)C[C@@H]1O2. The normalized spacial score (nSPS) is 25.8. The Kier molecular flexibility index (Phi) is 4.47. The van der Waals surface area contributed by atoms with Crippen LogP contribution in [0.25, 0.3) is 0 Å². The number of hydrogen-bond acceptors (Lipinski definition) is 5. The summed E-state index contributed by atoms with van der Waals surface area (Å²) in [5, 5.41) is 2.83. The maximum Gasteiger partial charge on any atom is 0.243 e. The summed E-state index contributed by atoms with van der Waals surface area (Å²) in [7, 11) is -3.58. The minimum Gasteiger partial charge on any atom is -0.371 e. The van der Waals surface area contributed by atoms with Gasteiger partial charge in [-0.15, -0.1) is 0 Å². The fourth-order valence-corrected chi connectivity index (χ4v) is 5.01. The van der Waals surface area contributed by atoms with Gasteiger partial charge in [-0.05, 0) is 30.7 Å². The van der Waals surface area contributed by atoms with Crippen LogP contribution in [-0.2, 0) is 19.6 Å². The van der Waals surface area contributed by atoms with Crippen molar-refractivity contribution in [2.24, 2.45) is 5.92 Å². The van der Waals surface area contributed by atoms with Crippen LogP contribution in [0.5, 0.6) is 0 Å². The van der Waals surface area contributed by atoms with Crippen LogP contribution in [0.1, 0.15) is 6.42 Å². The van der Waals surface area contributed by atoms with Crippen LogP contribution in [0.15, 0.2) is 59.8 Å². The van der Waals surface area contributed by atoms with Crippen molar-refractivity contribution in [3.63, 3.8) is 0 Å². The standard InChI is InChI=1S/C18H19N3O4S/c22-18(20-13-5-4-8-19-10-13)16-9-14-11-21(12-17(16)25-14)26(23,24)15-6-2-1-3-7-15/h1-8,10,14,16-17H,9,11-12H2,(H,20,22)/t14-,16+,17-/m0/s1. The highest BCUT2D eigenvalue weighted by Crippen LogP contribution is 2.35. The molecule has 0 radical (unpaired) electrons. The minimum atomic E-state index is -3.58. The number of amides is 1. The fourth-order valence-electron chi connectivity index (χ4n) is 3.51. The number of aromatic nitrogens is 1. The molecule has 2 aliphatic rings. The molecule has 1 aromatic carbocycles. The highest BCUT2D eigenvalue weighted by Gasteiger charge is 2.47. The molecular formula is C18H19N3O4S. The molecule has 7 nitrogen and oxygen atoms in total. The van der Waals surface area contributed by atoms with Gasteiger partial charge in [0.05, 0.1) is 34.9 Å². The summed E-state index contributed by atoms with van der Waals surface area (Å²) < 4.78 is 32.9.